The van der Waals surface area contributed by atoms with Crippen LogP contribution in [-0.4, -0.2) is 53.0 Å². The molecule has 0 saturated heterocycles. The molecule has 1 heterocycles. The van der Waals surface area contributed by atoms with E-state index in [9.17, 15) is 13.2 Å². The molecule has 1 aromatic heterocycles. The number of benzene rings is 2. The van der Waals surface area contributed by atoms with E-state index in [1.54, 1.807) is 42.5 Å². The molecule has 1 unspecified atom stereocenters. The van der Waals surface area contributed by atoms with Crippen molar-refractivity contribution in [1.29, 1.82) is 0 Å². The summed E-state index contributed by atoms with van der Waals surface area (Å²) >= 11 is 1.34. The van der Waals surface area contributed by atoms with Gasteiger partial charge in [-0.05, 0) is 42.7 Å². The van der Waals surface area contributed by atoms with Crippen LogP contribution in [0.3, 0.4) is 0 Å². The maximum atomic E-state index is 12.8. The second kappa shape index (κ2) is 9.65. The van der Waals surface area contributed by atoms with Gasteiger partial charge in [0.25, 0.3) is 0 Å². The number of para-hydroxylation sites is 1. The second-order valence-corrected chi connectivity index (χ2v) is 10.2. The summed E-state index contributed by atoms with van der Waals surface area (Å²) in [6, 6.07) is 14.5. The Kier molecular flexibility index (Phi) is 7.17. The van der Waals surface area contributed by atoms with E-state index in [0.717, 1.165) is 17.7 Å². The number of sulfone groups is 1. The fourth-order valence-corrected chi connectivity index (χ4v) is 4.67. The maximum Gasteiger partial charge on any atom is 0.233 e. The van der Waals surface area contributed by atoms with Gasteiger partial charge in [0, 0.05) is 13.3 Å². The highest BCUT2D eigenvalue weighted by Crippen LogP contribution is 2.25. The number of carbonyl (C=O) groups excluding carboxylic acids is 1. The van der Waals surface area contributed by atoms with Gasteiger partial charge >= 0.3 is 0 Å². The van der Waals surface area contributed by atoms with Gasteiger partial charge in [-0.3, -0.25) is 9.36 Å². The molecule has 3 aromatic rings. The van der Waals surface area contributed by atoms with Gasteiger partial charge in [0.15, 0.2) is 15.0 Å². The molecule has 7 nitrogen and oxygen atoms in total. The standard InChI is InChI=1S/C22H26N4O3S2/c1-5-17-8-6-7-9-20(17)26-15-23-24-22(26)30-14-21(27)25(3)16(2)18-10-12-19(13-11-18)31(4,28)29/h6-13,15-16H,5,14H2,1-4H3. The number of amides is 1. The van der Waals surface area contributed by atoms with E-state index in [2.05, 4.69) is 23.2 Å². The van der Waals surface area contributed by atoms with Crippen molar-refractivity contribution in [2.75, 3.05) is 19.1 Å². The average Bonchev–Trinajstić information content (AvgIpc) is 3.24. The molecule has 0 fully saturated rings. The van der Waals surface area contributed by atoms with Crippen LogP contribution >= 0.6 is 11.8 Å². The van der Waals surface area contributed by atoms with Crippen molar-refractivity contribution in [2.24, 2.45) is 0 Å². The predicted molar refractivity (Wildman–Crippen MR) is 122 cm³/mol. The SMILES string of the molecule is CCc1ccccc1-n1cnnc1SCC(=O)N(C)C(C)c1ccc(S(C)(=O)=O)cc1. The largest absolute Gasteiger partial charge is 0.338 e. The molecule has 0 aliphatic heterocycles. The van der Waals surface area contributed by atoms with Gasteiger partial charge in [-0.25, -0.2) is 8.42 Å². The third-order valence-corrected chi connectivity index (χ3v) is 7.29. The molecule has 0 N–H and O–H groups in total. The summed E-state index contributed by atoms with van der Waals surface area (Å²) in [5.41, 5.74) is 3.06. The molecule has 31 heavy (non-hydrogen) atoms. The van der Waals surface area contributed by atoms with Crippen LogP contribution < -0.4 is 0 Å². The Labute approximate surface area is 187 Å². The molecule has 0 saturated carbocycles. The van der Waals surface area contributed by atoms with E-state index < -0.39 is 9.84 Å². The van der Waals surface area contributed by atoms with Gasteiger partial charge in [0.2, 0.25) is 5.91 Å². The summed E-state index contributed by atoms with van der Waals surface area (Å²) < 4.78 is 25.2. The lowest BCUT2D eigenvalue weighted by Crippen LogP contribution is -2.31. The van der Waals surface area contributed by atoms with Gasteiger partial charge in [0.05, 0.1) is 22.4 Å². The molecule has 2 aromatic carbocycles. The van der Waals surface area contributed by atoms with Gasteiger partial charge in [-0.2, -0.15) is 0 Å². The molecular formula is C22H26N4O3S2. The number of aryl methyl sites for hydroxylation is 1. The van der Waals surface area contributed by atoms with Crippen LogP contribution in [0.25, 0.3) is 5.69 Å². The molecule has 3 rings (SSSR count). The van der Waals surface area contributed by atoms with E-state index in [1.165, 1.54) is 23.6 Å². The zero-order chi connectivity index (χ0) is 22.6. The van der Waals surface area contributed by atoms with Crippen LogP contribution in [0.1, 0.15) is 31.0 Å². The smallest absolute Gasteiger partial charge is 0.233 e. The zero-order valence-corrected chi connectivity index (χ0v) is 19.7. The minimum atomic E-state index is -3.25. The molecule has 1 amide bonds. The lowest BCUT2D eigenvalue weighted by atomic mass is 10.1. The Balaban J connectivity index is 1.68. The molecule has 164 valence electrons. The van der Waals surface area contributed by atoms with Crippen LogP contribution in [0.4, 0.5) is 0 Å². The normalized spacial score (nSPS) is 12.5. The summed E-state index contributed by atoms with van der Waals surface area (Å²) in [5.74, 6) is 0.165. The summed E-state index contributed by atoms with van der Waals surface area (Å²) in [5, 5.41) is 8.87. The lowest BCUT2D eigenvalue weighted by Gasteiger charge is -2.25. The summed E-state index contributed by atoms with van der Waals surface area (Å²) in [6.07, 6.45) is 3.72. The number of carbonyl (C=O) groups is 1. The quantitative estimate of drug-likeness (QED) is 0.480. The highest BCUT2D eigenvalue weighted by atomic mass is 32.2. The van der Waals surface area contributed by atoms with Crippen molar-refractivity contribution in [3.05, 3.63) is 66.0 Å². The van der Waals surface area contributed by atoms with E-state index in [-0.39, 0.29) is 22.6 Å². The van der Waals surface area contributed by atoms with Crippen LogP contribution in [0.2, 0.25) is 0 Å². The van der Waals surface area contributed by atoms with Gasteiger partial charge in [-0.1, -0.05) is 49.0 Å². The minimum Gasteiger partial charge on any atom is -0.338 e. The Bertz CT molecular complexity index is 1160. The number of hydrogen-bond donors (Lipinski definition) is 0. The van der Waals surface area contributed by atoms with Crippen molar-refractivity contribution in [2.45, 2.75) is 36.4 Å². The van der Waals surface area contributed by atoms with Gasteiger partial charge in [-0.15, -0.1) is 10.2 Å². The lowest BCUT2D eigenvalue weighted by molar-refractivity contribution is -0.128. The Morgan fingerprint density at radius 1 is 1.16 bits per heavy atom. The Morgan fingerprint density at radius 3 is 2.48 bits per heavy atom. The van der Waals surface area contributed by atoms with Gasteiger partial charge < -0.3 is 4.90 Å². The van der Waals surface area contributed by atoms with Crippen LogP contribution in [0.15, 0.2) is 64.9 Å². The number of aromatic nitrogens is 3. The molecule has 0 bridgehead atoms. The van der Waals surface area contributed by atoms with Gasteiger partial charge in [0.1, 0.15) is 6.33 Å². The van der Waals surface area contributed by atoms with Crippen molar-refractivity contribution >= 4 is 27.5 Å². The summed E-state index contributed by atoms with van der Waals surface area (Å²) in [6.45, 7) is 4.01. The molecule has 1 atom stereocenters. The third kappa shape index (κ3) is 5.34. The van der Waals surface area contributed by atoms with E-state index in [0.29, 0.717) is 5.16 Å². The fraction of sp³-hybridized carbons (Fsp3) is 0.318. The molecule has 0 spiro atoms. The molecule has 9 heteroatoms. The number of hydrogen-bond acceptors (Lipinski definition) is 6. The van der Waals surface area contributed by atoms with E-state index >= 15 is 0 Å². The highest BCUT2D eigenvalue weighted by molar-refractivity contribution is 7.99. The topological polar surface area (TPSA) is 85.2 Å². The first-order chi connectivity index (χ1) is 14.7. The highest BCUT2D eigenvalue weighted by Gasteiger charge is 2.20. The molecule has 0 aliphatic rings. The van der Waals surface area contributed by atoms with E-state index in [1.807, 2.05) is 29.7 Å². The summed E-state index contributed by atoms with van der Waals surface area (Å²) in [4.78, 5) is 14.7. The van der Waals surface area contributed by atoms with Crippen LogP contribution in [0, 0.1) is 0 Å². The second-order valence-electron chi connectivity index (χ2n) is 7.28. The van der Waals surface area contributed by atoms with E-state index in [4.69, 9.17) is 0 Å². The zero-order valence-electron chi connectivity index (χ0n) is 18.0. The monoisotopic (exact) mass is 458 g/mol. The van der Waals surface area contributed by atoms with Crippen LogP contribution in [0.5, 0.6) is 0 Å². The Morgan fingerprint density at radius 2 is 1.84 bits per heavy atom. The van der Waals surface area contributed by atoms with Crippen molar-refractivity contribution in [3.63, 3.8) is 0 Å². The first-order valence-electron chi connectivity index (χ1n) is 9.89. The third-order valence-electron chi connectivity index (χ3n) is 5.24. The number of rotatable bonds is 8. The van der Waals surface area contributed by atoms with Crippen molar-refractivity contribution in [3.8, 4) is 5.69 Å². The summed E-state index contributed by atoms with van der Waals surface area (Å²) in [7, 11) is -1.50. The number of nitrogens with zero attached hydrogens (tertiary/aromatic N) is 4. The molecular weight excluding hydrogens is 432 g/mol. The van der Waals surface area contributed by atoms with Crippen molar-refractivity contribution in [1.82, 2.24) is 19.7 Å². The average molecular weight is 459 g/mol. The fourth-order valence-electron chi connectivity index (χ4n) is 3.19. The molecule has 0 aliphatic carbocycles. The predicted octanol–water partition coefficient (Wildman–Crippen LogP) is 3.54. The van der Waals surface area contributed by atoms with Crippen molar-refractivity contribution < 1.29 is 13.2 Å². The minimum absolute atomic E-state index is 0.0528. The van der Waals surface area contributed by atoms with Crippen LogP contribution in [-0.2, 0) is 21.1 Å². The molecule has 0 radical (unpaired) electrons. The number of thioether (sulfide) groups is 1. The first kappa shape index (κ1) is 23.0. The Hall–Kier alpha value is -2.65. The maximum absolute atomic E-state index is 12.8. The first-order valence-corrected chi connectivity index (χ1v) is 12.8.